The molecule has 0 aromatic carbocycles. The quantitative estimate of drug-likeness (QED) is 0.567. The molecule has 0 aliphatic carbocycles. The number of nitrogens with two attached hydrogens (primary N) is 1. The monoisotopic (exact) mass is 157 g/mol. The van der Waals surface area contributed by atoms with Gasteiger partial charge in [-0.25, -0.2) is 18.0 Å². The standard InChI is InChI=1S/C4H6F3NO2/c5-1-2(6)4(7,8)3(9)10/h2H,1,8H2,(H,9,10). The van der Waals surface area contributed by atoms with Gasteiger partial charge in [0.1, 0.15) is 6.67 Å². The van der Waals surface area contributed by atoms with E-state index < -0.39 is 24.6 Å². The highest BCUT2D eigenvalue weighted by atomic mass is 19.2. The lowest BCUT2D eigenvalue weighted by Crippen LogP contribution is -2.52. The Kier molecular flexibility index (Phi) is 2.65. The van der Waals surface area contributed by atoms with E-state index in [1.165, 1.54) is 0 Å². The van der Waals surface area contributed by atoms with Crippen molar-refractivity contribution in [1.82, 2.24) is 0 Å². The summed E-state index contributed by atoms with van der Waals surface area (Å²) in [5, 5.41) is 7.84. The number of halogens is 3. The van der Waals surface area contributed by atoms with Crippen molar-refractivity contribution in [2.75, 3.05) is 6.67 Å². The van der Waals surface area contributed by atoms with Crippen LogP contribution in [0.1, 0.15) is 0 Å². The van der Waals surface area contributed by atoms with Gasteiger partial charge in [-0.2, -0.15) is 0 Å². The molecule has 0 aliphatic rings. The lowest BCUT2D eigenvalue weighted by Gasteiger charge is -2.16. The van der Waals surface area contributed by atoms with Gasteiger partial charge in [0, 0.05) is 0 Å². The van der Waals surface area contributed by atoms with E-state index in [0.717, 1.165) is 0 Å². The molecule has 0 saturated heterocycles. The Morgan fingerprint density at radius 3 is 2.30 bits per heavy atom. The van der Waals surface area contributed by atoms with E-state index in [4.69, 9.17) is 5.11 Å². The number of alkyl halides is 3. The third-order valence-corrected chi connectivity index (χ3v) is 0.919. The average molecular weight is 157 g/mol. The van der Waals surface area contributed by atoms with Gasteiger partial charge >= 0.3 is 5.97 Å². The normalized spacial score (nSPS) is 19.6. The Hall–Kier alpha value is -0.780. The fourth-order valence-electron chi connectivity index (χ4n) is 0.246. The van der Waals surface area contributed by atoms with Crippen molar-refractivity contribution in [2.24, 2.45) is 5.73 Å². The second-order valence-electron chi connectivity index (χ2n) is 1.70. The van der Waals surface area contributed by atoms with E-state index >= 15 is 0 Å². The predicted octanol–water partition coefficient (Wildman–Crippen LogP) is 0.00310. The van der Waals surface area contributed by atoms with E-state index in [0.29, 0.717) is 0 Å². The second-order valence-corrected chi connectivity index (χ2v) is 1.70. The van der Waals surface area contributed by atoms with E-state index in [1.807, 2.05) is 0 Å². The average Bonchev–Trinajstić information content (AvgIpc) is 1.86. The van der Waals surface area contributed by atoms with E-state index in [2.05, 4.69) is 5.73 Å². The summed E-state index contributed by atoms with van der Waals surface area (Å²) in [6, 6.07) is 0. The van der Waals surface area contributed by atoms with Crippen molar-refractivity contribution in [3.63, 3.8) is 0 Å². The minimum atomic E-state index is -3.62. The van der Waals surface area contributed by atoms with Crippen LogP contribution in [0, 0.1) is 0 Å². The molecule has 2 atom stereocenters. The summed E-state index contributed by atoms with van der Waals surface area (Å²) in [4.78, 5) is 9.71. The predicted molar refractivity (Wildman–Crippen MR) is 26.5 cm³/mol. The van der Waals surface area contributed by atoms with Gasteiger partial charge in [-0.05, 0) is 0 Å². The van der Waals surface area contributed by atoms with E-state index in [9.17, 15) is 18.0 Å². The maximum Gasteiger partial charge on any atom is 0.359 e. The summed E-state index contributed by atoms with van der Waals surface area (Å²) < 4.78 is 35.4. The van der Waals surface area contributed by atoms with Gasteiger partial charge in [-0.3, -0.25) is 5.73 Å². The van der Waals surface area contributed by atoms with Gasteiger partial charge in [-0.15, -0.1) is 0 Å². The third kappa shape index (κ3) is 1.60. The van der Waals surface area contributed by atoms with Crippen molar-refractivity contribution in [1.29, 1.82) is 0 Å². The zero-order chi connectivity index (χ0) is 8.36. The second kappa shape index (κ2) is 2.87. The van der Waals surface area contributed by atoms with Crippen LogP contribution in [-0.2, 0) is 4.79 Å². The first-order valence-corrected chi connectivity index (χ1v) is 2.34. The number of carboxylic acid groups (broad SMARTS) is 1. The molecule has 10 heavy (non-hydrogen) atoms. The summed E-state index contributed by atoms with van der Waals surface area (Å²) in [5.74, 6) is -5.83. The van der Waals surface area contributed by atoms with Crippen molar-refractivity contribution in [3.05, 3.63) is 0 Å². The summed E-state index contributed by atoms with van der Waals surface area (Å²) in [6.45, 7) is -1.75. The SMILES string of the molecule is NC(F)(C(=O)O)C(F)CF. The Balaban J connectivity index is 4.23. The zero-order valence-corrected chi connectivity index (χ0v) is 4.85. The number of aliphatic carboxylic acids is 1. The Morgan fingerprint density at radius 1 is 1.80 bits per heavy atom. The summed E-state index contributed by atoms with van der Waals surface area (Å²) in [6.07, 6.45) is -2.81. The van der Waals surface area contributed by atoms with Crippen LogP contribution in [0.2, 0.25) is 0 Å². The lowest BCUT2D eigenvalue weighted by atomic mass is 10.2. The lowest BCUT2D eigenvalue weighted by molar-refractivity contribution is -0.156. The first kappa shape index (κ1) is 9.22. The molecule has 0 heterocycles. The first-order chi connectivity index (χ1) is 4.42. The van der Waals surface area contributed by atoms with Crippen molar-refractivity contribution in [2.45, 2.75) is 12.0 Å². The molecule has 0 fully saturated rings. The van der Waals surface area contributed by atoms with Crippen LogP contribution in [0.3, 0.4) is 0 Å². The zero-order valence-electron chi connectivity index (χ0n) is 4.85. The van der Waals surface area contributed by atoms with Crippen molar-refractivity contribution >= 4 is 5.97 Å². The minimum Gasteiger partial charge on any atom is -0.478 e. The van der Waals surface area contributed by atoms with Gasteiger partial charge < -0.3 is 5.11 Å². The van der Waals surface area contributed by atoms with Gasteiger partial charge in [-0.1, -0.05) is 0 Å². The summed E-state index contributed by atoms with van der Waals surface area (Å²) in [5.41, 5.74) is 4.23. The van der Waals surface area contributed by atoms with Crippen LogP contribution >= 0.6 is 0 Å². The summed E-state index contributed by atoms with van der Waals surface area (Å²) >= 11 is 0. The number of carboxylic acids is 1. The van der Waals surface area contributed by atoms with Crippen LogP contribution in [0.15, 0.2) is 0 Å². The maximum atomic E-state index is 12.2. The molecule has 2 unspecified atom stereocenters. The first-order valence-electron chi connectivity index (χ1n) is 2.34. The molecule has 0 aliphatic heterocycles. The number of rotatable bonds is 3. The third-order valence-electron chi connectivity index (χ3n) is 0.919. The number of hydrogen-bond donors (Lipinski definition) is 2. The molecule has 0 radical (unpaired) electrons. The van der Waals surface area contributed by atoms with Crippen LogP contribution in [0.5, 0.6) is 0 Å². The molecule has 0 aromatic rings. The molecule has 6 heteroatoms. The topological polar surface area (TPSA) is 63.3 Å². The Bertz CT molecular complexity index is 138. The number of hydrogen-bond acceptors (Lipinski definition) is 2. The number of carbonyl (C=O) groups is 1. The Morgan fingerprint density at radius 2 is 2.20 bits per heavy atom. The molecule has 0 bridgehead atoms. The molecule has 0 aromatic heterocycles. The van der Waals surface area contributed by atoms with Crippen LogP contribution in [-0.4, -0.2) is 29.7 Å². The van der Waals surface area contributed by atoms with E-state index in [1.54, 1.807) is 0 Å². The van der Waals surface area contributed by atoms with E-state index in [-0.39, 0.29) is 0 Å². The van der Waals surface area contributed by atoms with Crippen LogP contribution in [0.4, 0.5) is 13.2 Å². The highest BCUT2D eigenvalue weighted by Gasteiger charge is 2.43. The van der Waals surface area contributed by atoms with Crippen LogP contribution in [0.25, 0.3) is 0 Å². The molecule has 0 saturated carbocycles. The van der Waals surface area contributed by atoms with Crippen LogP contribution < -0.4 is 5.73 Å². The minimum absolute atomic E-state index is 1.75. The van der Waals surface area contributed by atoms with Crippen molar-refractivity contribution < 1.29 is 23.1 Å². The molecule has 60 valence electrons. The molecule has 3 nitrogen and oxygen atoms in total. The summed E-state index contributed by atoms with van der Waals surface area (Å²) in [7, 11) is 0. The smallest absolute Gasteiger partial charge is 0.359 e. The molecular formula is C4H6F3NO2. The maximum absolute atomic E-state index is 12.2. The Labute approximate surface area is 54.6 Å². The van der Waals surface area contributed by atoms with Crippen molar-refractivity contribution in [3.8, 4) is 0 Å². The van der Waals surface area contributed by atoms with Gasteiger partial charge in [0.15, 0.2) is 6.17 Å². The van der Waals surface area contributed by atoms with Gasteiger partial charge in [0.2, 0.25) is 0 Å². The fraction of sp³-hybridized carbons (Fsp3) is 0.750. The van der Waals surface area contributed by atoms with Gasteiger partial charge in [0.25, 0.3) is 5.79 Å². The van der Waals surface area contributed by atoms with Gasteiger partial charge in [0.05, 0.1) is 0 Å². The highest BCUT2D eigenvalue weighted by Crippen LogP contribution is 2.13. The largest absolute Gasteiger partial charge is 0.478 e. The highest BCUT2D eigenvalue weighted by molar-refractivity contribution is 5.77. The fourth-order valence-corrected chi connectivity index (χ4v) is 0.246. The molecular weight excluding hydrogens is 151 g/mol. The molecule has 0 amide bonds. The molecule has 0 spiro atoms. The molecule has 0 rings (SSSR count). The molecule has 3 N–H and O–H groups in total.